The molecule has 29 heavy (non-hydrogen) atoms. The first-order valence-electron chi connectivity index (χ1n) is 8.99. The van der Waals surface area contributed by atoms with Gasteiger partial charge < -0.3 is 14.8 Å². The van der Waals surface area contributed by atoms with Gasteiger partial charge in [0.2, 0.25) is 11.8 Å². The fourth-order valence-corrected chi connectivity index (χ4v) is 3.71. The van der Waals surface area contributed by atoms with Crippen molar-refractivity contribution in [3.05, 3.63) is 48.2 Å². The zero-order valence-corrected chi connectivity index (χ0v) is 16.6. The Bertz CT molecular complexity index is 968. The summed E-state index contributed by atoms with van der Waals surface area (Å²) in [7, 11) is -3.92. The lowest BCUT2D eigenvalue weighted by Crippen LogP contribution is -2.28. The summed E-state index contributed by atoms with van der Waals surface area (Å²) >= 11 is 0. The standard InChI is InChI=1S/C19H21N3O6S/c1-13(23)22-29(25,26)17-5-3-15(4-6-17)21-19(24)14-2-7-18(20-12-14)28-16-8-10-27-11-9-16/h2-7,12,16H,8-11H2,1H3,(H,21,24)(H,22,23). The van der Waals surface area contributed by atoms with Crippen LogP contribution in [0.25, 0.3) is 0 Å². The molecule has 0 saturated carbocycles. The number of hydrogen-bond donors (Lipinski definition) is 2. The third-order valence-corrected chi connectivity index (χ3v) is 5.60. The lowest BCUT2D eigenvalue weighted by atomic mass is 10.1. The van der Waals surface area contributed by atoms with Crippen LogP contribution in [0.3, 0.4) is 0 Å². The van der Waals surface area contributed by atoms with E-state index in [0.717, 1.165) is 19.8 Å². The van der Waals surface area contributed by atoms with E-state index in [-0.39, 0.29) is 11.0 Å². The first kappa shape index (κ1) is 20.7. The fraction of sp³-hybridized carbons (Fsp3) is 0.316. The Labute approximate surface area is 168 Å². The van der Waals surface area contributed by atoms with Gasteiger partial charge in [-0.1, -0.05) is 0 Å². The molecule has 1 aromatic heterocycles. The van der Waals surface area contributed by atoms with Crippen molar-refractivity contribution in [1.82, 2.24) is 9.71 Å². The topological polar surface area (TPSA) is 124 Å². The van der Waals surface area contributed by atoms with Crippen LogP contribution in [0.5, 0.6) is 5.88 Å². The van der Waals surface area contributed by atoms with Crippen LogP contribution in [-0.2, 0) is 19.6 Å². The number of carbonyl (C=O) groups excluding carboxylic acids is 2. The highest BCUT2D eigenvalue weighted by Crippen LogP contribution is 2.18. The molecule has 2 N–H and O–H groups in total. The molecule has 0 radical (unpaired) electrons. The third-order valence-electron chi connectivity index (χ3n) is 4.15. The van der Waals surface area contributed by atoms with Crippen molar-refractivity contribution in [3.63, 3.8) is 0 Å². The molecule has 2 aromatic rings. The number of nitrogens with zero attached hydrogens (tertiary/aromatic N) is 1. The highest BCUT2D eigenvalue weighted by molar-refractivity contribution is 7.90. The summed E-state index contributed by atoms with van der Waals surface area (Å²) in [5.74, 6) is -0.632. The average Bonchev–Trinajstić information content (AvgIpc) is 2.69. The molecule has 1 fully saturated rings. The van der Waals surface area contributed by atoms with E-state index in [1.165, 1.54) is 30.5 Å². The van der Waals surface area contributed by atoms with E-state index >= 15 is 0 Å². The molecular formula is C19H21N3O6S. The number of rotatable bonds is 6. The van der Waals surface area contributed by atoms with Crippen LogP contribution >= 0.6 is 0 Å². The van der Waals surface area contributed by atoms with Gasteiger partial charge in [0.25, 0.3) is 15.9 Å². The quantitative estimate of drug-likeness (QED) is 0.730. The summed E-state index contributed by atoms with van der Waals surface area (Å²) in [5.41, 5.74) is 0.735. The average molecular weight is 419 g/mol. The minimum absolute atomic E-state index is 0.0585. The van der Waals surface area contributed by atoms with Gasteiger partial charge in [-0.15, -0.1) is 0 Å². The number of amides is 2. The molecule has 1 aliphatic heterocycles. The van der Waals surface area contributed by atoms with Gasteiger partial charge in [0, 0.05) is 37.7 Å². The zero-order valence-electron chi connectivity index (χ0n) is 15.8. The first-order valence-corrected chi connectivity index (χ1v) is 10.5. The minimum atomic E-state index is -3.92. The molecule has 1 aliphatic rings. The Balaban J connectivity index is 1.60. The molecular weight excluding hydrogens is 398 g/mol. The number of sulfonamides is 1. The second-order valence-corrected chi connectivity index (χ2v) is 8.14. The second kappa shape index (κ2) is 9.01. The van der Waals surface area contributed by atoms with Crippen LogP contribution < -0.4 is 14.8 Å². The van der Waals surface area contributed by atoms with Gasteiger partial charge in [-0.05, 0) is 30.3 Å². The van der Waals surface area contributed by atoms with Gasteiger partial charge in [0.1, 0.15) is 6.10 Å². The number of aromatic nitrogens is 1. The number of nitrogens with one attached hydrogen (secondary N) is 2. The third kappa shape index (κ3) is 5.75. The van der Waals surface area contributed by atoms with Crippen LogP contribution in [-0.4, -0.2) is 44.5 Å². The maximum absolute atomic E-state index is 12.4. The minimum Gasteiger partial charge on any atom is -0.474 e. The summed E-state index contributed by atoms with van der Waals surface area (Å²) in [6, 6.07) is 8.69. The molecule has 1 aromatic carbocycles. The molecule has 0 aliphatic carbocycles. The second-order valence-electron chi connectivity index (χ2n) is 6.45. The van der Waals surface area contributed by atoms with Crippen molar-refractivity contribution in [3.8, 4) is 5.88 Å². The summed E-state index contributed by atoms with van der Waals surface area (Å²) in [6.07, 6.45) is 3.08. The monoisotopic (exact) mass is 419 g/mol. The van der Waals surface area contributed by atoms with E-state index in [1.807, 2.05) is 4.72 Å². The molecule has 10 heteroatoms. The van der Waals surface area contributed by atoms with Gasteiger partial charge >= 0.3 is 0 Å². The highest BCUT2D eigenvalue weighted by atomic mass is 32.2. The number of carbonyl (C=O) groups is 2. The Kier molecular flexibility index (Phi) is 6.45. The van der Waals surface area contributed by atoms with Crippen molar-refractivity contribution in [2.45, 2.75) is 30.8 Å². The van der Waals surface area contributed by atoms with Gasteiger partial charge in [0.15, 0.2) is 0 Å². The summed E-state index contributed by atoms with van der Waals surface area (Å²) in [6.45, 7) is 2.44. The fourth-order valence-electron chi connectivity index (χ4n) is 2.72. The molecule has 1 saturated heterocycles. The molecule has 0 spiro atoms. The molecule has 0 unspecified atom stereocenters. The zero-order chi connectivity index (χ0) is 20.9. The molecule has 2 heterocycles. The summed E-state index contributed by atoms with van der Waals surface area (Å²) in [4.78, 5) is 27.4. The largest absolute Gasteiger partial charge is 0.474 e. The van der Waals surface area contributed by atoms with Crippen molar-refractivity contribution >= 4 is 27.5 Å². The van der Waals surface area contributed by atoms with E-state index in [2.05, 4.69) is 10.3 Å². The first-order chi connectivity index (χ1) is 13.8. The Morgan fingerprint density at radius 1 is 1.10 bits per heavy atom. The molecule has 9 nitrogen and oxygen atoms in total. The van der Waals surface area contributed by atoms with Crippen molar-refractivity contribution < 1.29 is 27.5 Å². The van der Waals surface area contributed by atoms with Crippen molar-refractivity contribution in [2.75, 3.05) is 18.5 Å². The molecule has 2 amide bonds. The SMILES string of the molecule is CC(=O)NS(=O)(=O)c1ccc(NC(=O)c2ccc(OC3CCOCC3)nc2)cc1. The van der Waals surface area contributed by atoms with Crippen LogP contribution in [0.1, 0.15) is 30.1 Å². The Hall–Kier alpha value is -2.98. The van der Waals surface area contributed by atoms with Crippen molar-refractivity contribution in [2.24, 2.45) is 0 Å². The normalized spacial score (nSPS) is 14.8. The number of hydrogen-bond acceptors (Lipinski definition) is 7. The Morgan fingerprint density at radius 2 is 1.79 bits per heavy atom. The molecule has 3 rings (SSSR count). The maximum Gasteiger partial charge on any atom is 0.264 e. The molecule has 0 atom stereocenters. The lowest BCUT2D eigenvalue weighted by Gasteiger charge is -2.22. The van der Waals surface area contributed by atoms with E-state index in [4.69, 9.17) is 9.47 Å². The predicted molar refractivity (Wildman–Crippen MR) is 104 cm³/mol. The van der Waals surface area contributed by atoms with Crippen molar-refractivity contribution in [1.29, 1.82) is 0 Å². The van der Waals surface area contributed by atoms with Gasteiger partial charge in [-0.2, -0.15) is 0 Å². The number of pyridine rings is 1. The van der Waals surface area contributed by atoms with Crippen LogP contribution in [0.15, 0.2) is 47.5 Å². The number of ether oxygens (including phenoxy) is 2. The lowest BCUT2D eigenvalue weighted by molar-refractivity contribution is -0.117. The number of anilines is 1. The van der Waals surface area contributed by atoms with Crippen LogP contribution in [0.4, 0.5) is 5.69 Å². The van der Waals surface area contributed by atoms with Gasteiger partial charge in [-0.25, -0.2) is 18.1 Å². The summed E-state index contributed by atoms with van der Waals surface area (Å²) in [5, 5.41) is 2.66. The highest BCUT2D eigenvalue weighted by Gasteiger charge is 2.17. The van der Waals surface area contributed by atoms with E-state index in [0.29, 0.717) is 30.3 Å². The maximum atomic E-state index is 12.4. The van der Waals surface area contributed by atoms with E-state index in [1.54, 1.807) is 12.1 Å². The van der Waals surface area contributed by atoms with Crippen LogP contribution in [0.2, 0.25) is 0 Å². The smallest absolute Gasteiger partial charge is 0.264 e. The van der Waals surface area contributed by atoms with Gasteiger partial charge in [0.05, 0.1) is 23.7 Å². The van der Waals surface area contributed by atoms with E-state index < -0.39 is 21.8 Å². The van der Waals surface area contributed by atoms with E-state index in [9.17, 15) is 18.0 Å². The number of benzene rings is 1. The molecule has 154 valence electrons. The Morgan fingerprint density at radius 3 is 2.38 bits per heavy atom. The van der Waals surface area contributed by atoms with Gasteiger partial charge in [-0.3, -0.25) is 9.59 Å². The van der Waals surface area contributed by atoms with Crippen LogP contribution in [0, 0.1) is 0 Å². The molecule has 0 bridgehead atoms. The summed E-state index contributed by atoms with van der Waals surface area (Å²) < 4.78 is 36.8. The predicted octanol–water partition coefficient (Wildman–Crippen LogP) is 1.72.